The third-order valence-electron chi connectivity index (χ3n) is 15.8. The maximum atomic E-state index is 14.5. The Labute approximate surface area is 429 Å². The monoisotopic (exact) mass is 1040 g/mol. The molecule has 2 aromatic rings. The fraction of sp³-hybridized carbons (Fsp3) is 0.788. The van der Waals surface area contributed by atoms with Crippen LogP contribution < -0.4 is 5.32 Å². The number of aryl methyl sites for hydroxylation is 1. The van der Waals surface area contributed by atoms with E-state index in [0.29, 0.717) is 24.9 Å². The van der Waals surface area contributed by atoms with Crippen LogP contribution in [-0.2, 0) is 42.7 Å². The van der Waals surface area contributed by atoms with Crippen molar-refractivity contribution < 1.29 is 67.6 Å². The summed E-state index contributed by atoms with van der Waals surface area (Å²) in [6, 6.07) is 5.63. The van der Waals surface area contributed by atoms with Gasteiger partial charge in [0.25, 0.3) is 0 Å². The third-order valence-corrected chi connectivity index (χ3v) is 16.7. The van der Waals surface area contributed by atoms with E-state index < -0.39 is 120 Å². The minimum absolute atomic E-state index is 0.0208. The molecule has 0 unspecified atom stereocenters. The largest absolute Gasteiger partial charge is 0.459 e. The van der Waals surface area contributed by atoms with Crippen LogP contribution in [0.3, 0.4) is 0 Å². The van der Waals surface area contributed by atoms with Crippen LogP contribution in [0, 0.1) is 36.0 Å². The molecule has 19 atom stereocenters. The van der Waals surface area contributed by atoms with Crippen LogP contribution in [0.5, 0.6) is 0 Å². The van der Waals surface area contributed by atoms with Crippen molar-refractivity contribution in [3.63, 3.8) is 0 Å². The number of nitrogens with zero attached hydrogens (tertiary/aromatic N) is 3. The summed E-state index contributed by atoms with van der Waals surface area (Å²) in [7, 11) is 4.96. The maximum Gasteiger partial charge on any atom is 0.311 e. The number of ether oxygens (including phenoxy) is 7. The Morgan fingerprint density at radius 3 is 2.19 bits per heavy atom. The van der Waals surface area contributed by atoms with Crippen LogP contribution in [0.15, 0.2) is 24.3 Å². The van der Waals surface area contributed by atoms with Crippen LogP contribution in [-0.4, -0.2) is 172 Å². The van der Waals surface area contributed by atoms with Gasteiger partial charge in [-0.05, 0) is 86.3 Å². The van der Waals surface area contributed by atoms with Gasteiger partial charge in [0, 0.05) is 69.2 Å². The molecule has 3 aliphatic heterocycles. The number of aliphatic hydroxyl groups excluding tert-OH is 3. The first-order valence-electron chi connectivity index (χ1n) is 25.5. The molecule has 3 saturated heterocycles. The molecule has 408 valence electrons. The number of alkyl halides is 1. The van der Waals surface area contributed by atoms with Gasteiger partial charge in [-0.25, -0.2) is 4.39 Å². The highest BCUT2D eigenvalue weighted by Gasteiger charge is 2.53. The molecule has 0 radical (unpaired) electrons. The lowest BCUT2D eigenvalue weighted by atomic mass is 9.73. The second kappa shape index (κ2) is 25.1. The van der Waals surface area contributed by atoms with E-state index in [-0.39, 0.29) is 43.5 Å². The molecule has 0 saturated carbocycles. The molecular formula is C52H84FN5O13S. The van der Waals surface area contributed by atoms with Gasteiger partial charge in [-0.1, -0.05) is 63.3 Å². The molecule has 18 nitrogen and oxygen atoms in total. The molecule has 3 fully saturated rings. The Morgan fingerprint density at radius 1 is 0.958 bits per heavy atom. The summed E-state index contributed by atoms with van der Waals surface area (Å²) >= 11 is 1.44. The number of carbonyl (C=O) groups excluding carboxylic acids is 2. The maximum absolute atomic E-state index is 14.5. The quantitative estimate of drug-likeness (QED) is 0.111. The van der Waals surface area contributed by atoms with Crippen molar-refractivity contribution in [1.29, 1.82) is 5.41 Å². The zero-order chi connectivity index (χ0) is 53.6. The second-order valence-electron chi connectivity index (χ2n) is 21.4. The molecule has 72 heavy (non-hydrogen) atoms. The molecule has 0 bridgehead atoms. The third kappa shape index (κ3) is 13.8. The van der Waals surface area contributed by atoms with Crippen LogP contribution in [0.25, 0.3) is 10.6 Å². The molecule has 1 amide bonds. The van der Waals surface area contributed by atoms with Gasteiger partial charge in [-0.15, -0.1) is 10.2 Å². The first kappa shape index (κ1) is 59.8. The summed E-state index contributed by atoms with van der Waals surface area (Å²) in [5.74, 6) is -4.18. The lowest BCUT2D eigenvalue weighted by Gasteiger charge is -2.49. The van der Waals surface area contributed by atoms with Crippen molar-refractivity contribution in [1.82, 2.24) is 20.4 Å². The molecule has 0 spiro atoms. The Kier molecular flexibility index (Phi) is 20.9. The zero-order valence-corrected chi connectivity index (χ0v) is 45.6. The lowest BCUT2D eigenvalue weighted by molar-refractivity contribution is -0.309. The van der Waals surface area contributed by atoms with Crippen molar-refractivity contribution in [3.05, 3.63) is 34.8 Å². The number of carbonyl (C=O) groups is 2. The second-order valence-corrected chi connectivity index (χ2v) is 22.5. The van der Waals surface area contributed by atoms with Gasteiger partial charge in [0.2, 0.25) is 5.91 Å². The van der Waals surface area contributed by atoms with E-state index in [4.69, 9.17) is 33.2 Å². The number of esters is 1. The lowest BCUT2D eigenvalue weighted by Crippen LogP contribution is -2.60. The van der Waals surface area contributed by atoms with E-state index >= 15 is 0 Å². The van der Waals surface area contributed by atoms with Gasteiger partial charge in [0.05, 0.1) is 53.7 Å². The van der Waals surface area contributed by atoms with Crippen molar-refractivity contribution in [2.45, 2.75) is 205 Å². The van der Waals surface area contributed by atoms with E-state index in [0.717, 1.165) is 15.6 Å². The molecule has 5 rings (SSSR count). The number of amides is 1. The van der Waals surface area contributed by atoms with Crippen LogP contribution in [0.4, 0.5) is 4.39 Å². The summed E-state index contributed by atoms with van der Waals surface area (Å²) in [6.07, 6.45) is -8.10. The van der Waals surface area contributed by atoms with E-state index in [2.05, 4.69) is 15.5 Å². The minimum Gasteiger partial charge on any atom is -0.459 e. The van der Waals surface area contributed by atoms with Crippen molar-refractivity contribution >= 4 is 28.9 Å². The highest BCUT2D eigenvalue weighted by Crippen LogP contribution is 2.42. The van der Waals surface area contributed by atoms with E-state index in [1.165, 1.54) is 25.4 Å². The predicted octanol–water partition coefficient (Wildman–Crippen LogP) is 5.69. The van der Waals surface area contributed by atoms with Crippen LogP contribution in [0.1, 0.15) is 124 Å². The Morgan fingerprint density at radius 2 is 1.61 bits per heavy atom. The smallest absolute Gasteiger partial charge is 0.311 e. The Bertz CT molecular complexity index is 2090. The number of aromatic nitrogens is 2. The molecule has 6 N–H and O–H groups in total. The SMILES string of the molecule is CC[C@H]1OC(=O)[C@H](C)[C@@H](O[C@H]2C[C@@](C)(OC)[C@@H](O)[C@H](C)O2)[C@H](C)[C@@H](O[C@H]2C[C@@H](N(C)CCC(=O)N[C@H](CF)[C@H](O)c3ccc(-c4nnc(C)s4)cc3)C[C@@H](C)O2)[C@](C)(OC)C[C@@H](C)C(=N)[C@H](C)[C@@H](O)[C@]1(C)O. The van der Waals surface area contributed by atoms with Crippen molar-refractivity contribution in [2.75, 3.05) is 34.5 Å². The average molecular weight is 1040 g/mol. The number of cyclic esters (lactones) is 1. The topological polar surface area (TPSA) is 245 Å². The van der Waals surface area contributed by atoms with Gasteiger partial charge >= 0.3 is 5.97 Å². The van der Waals surface area contributed by atoms with Crippen LogP contribution in [0.2, 0.25) is 0 Å². The summed E-state index contributed by atoms with van der Waals surface area (Å²) in [5, 5.41) is 67.5. The van der Waals surface area contributed by atoms with Gasteiger partial charge in [-0.3, -0.25) is 9.59 Å². The van der Waals surface area contributed by atoms with Gasteiger partial charge in [0.15, 0.2) is 12.6 Å². The highest BCUT2D eigenvalue weighted by atomic mass is 32.1. The zero-order valence-electron chi connectivity index (χ0n) is 44.8. The molecule has 3 aliphatic rings. The highest BCUT2D eigenvalue weighted by molar-refractivity contribution is 7.14. The molecule has 1 aromatic heterocycles. The van der Waals surface area contributed by atoms with Crippen molar-refractivity contribution in [3.8, 4) is 10.6 Å². The number of aliphatic hydroxyl groups is 4. The fourth-order valence-corrected chi connectivity index (χ4v) is 11.6. The van der Waals surface area contributed by atoms with E-state index in [1.54, 1.807) is 66.0 Å². The number of nitrogens with one attached hydrogen (secondary N) is 2. The number of methoxy groups -OCH3 is 2. The van der Waals surface area contributed by atoms with E-state index in [1.807, 2.05) is 46.6 Å². The normalized spacial score (nSPS) is 38.4. The molecule has 4 heterocycles. The fourth-order valence-electron chi connectivity index (χ4n) is 10.9. The first-order valence-corrected chi connectivity index (χ1v) is 26.3. The predicted molar refractivity (Wildman–Crippen MR) is 269 cm³/mol. The summed E-state index contributed by atoms with van der Waals surface area (Å²) in [4.78, 5) is 29.9. The van der Waals surface area contributed by atoms with Crippen molar-refractivity contribution in [2.24, 2.45) is 23.7 Å². The summed E-state index contributed by atoms with van der Waals surface area (Å²) in [6.45, 7) is 18.7. The van der Waals surface area contributed by atoms with Gasteiger partial charge in [0.1, 0.15) is 40.6 Å². The Hall–Kier alpha value is -3.12. The number of rotatable bonds is 16. The minimum atomic E-state index is -1.92. The number of hydrogen-bond donors (Lipinski definition) is 6. The summed E-state index contributed by atoms with van der Waals surface area (Å²) < 4.78 is 59.5. The Balaban J connectivity index is 1.39. The molecule has 1 aromatic carbocycles. The molecular weight excluding hydrogens is 954 g/mol. The first-order chi connectivity index (χ1) is 33.7. The van der Waals surface area contributed by atoms with E-state index in [9.17, 15) is 39.8 Å². The van der Waals surface area contributed by atoms with Gasteiger partial charge < -0.3 is 69.2 Å². The van der Waals surface area contributed by atoms with Crippen LogP contribution >= 0.6 is 11.3 Å². The van der Waals surface area contributed by atoms with Gasteiger partial charge in [-0.2, -0.15) is 0 Å². The number of halogens is 1. The average Bonchev–Trinajstić information content (AvgIpc) is 3.80. The number of hydrogen-bond acceptors (Lipinski definition) is 18. The summed E-state index contributed by atoms with van der Waals surface area (Å²) in [5.41, 5.74) is -2.75. The standard InChI is InChI=1S/C52H84FN5O13S/c1-15-38-52(11,64)45(61)29(4)42(54)27(2)24-51(10,66-14)47(30(5)44(31(6)49(63)69-38)70-41-25-50(9,65-13)46(62)32(7)68-41)71-40-23-36(22-28(3)67-40)58(12)21-20-39(59)55-37(26-53)43(60)34-16-18-35(19-17-34)48-57-56-33(8)72-48/h16-19,27-32,36-38,40-41,43-47,54,60-62,64H,15,20-26H2,1-14H3,(H,55,59)/t27-,28-,29+,30+,31-,32+,36+,37-,38-,40+,41+,43-,44+,45-,46+,47-,50-,51-,52-/m1/s1. The molecule has 20 heteroatoms. The number of benzene rings is 1. The molecule has 0 aliphatic carbocycles.